The molecule has 2 aromatic rings. The second-order valence-electron chi connectivity index (χ2n) is 4.94. The minimum atomic E-state index is -0.447. The lowest BCUT2D eigenvalue weighted by Gasteiger charge is -2.12. The fourth-order valence-electron chi connectivity index (χ4n) is 2.51. The van der Waals surface area contributed by atoms with E-state index in [-0.39, 0.29) is 23.8 Å². The van der Waals surface area contributed by atoms with Crippen LogP contribution in [0.1, 0.15) is 11.5 Å². The predicted octanol–water partition coefficient (Wildman–Crippen LogP) is 0.305. The van der Waals surface area contributed by atoms with Crippen LogP contribution in [-0.2, 0) is 13.6 Å². The molecule has 0 amide bonds. The highest BCUT2D eigenvalue weighted by Gasteiger charge is 2.25. The van der Waals surface area contributed by atoms with Crippen LogP contribution in [0.15, 0.2) is 40.1 Å². The molecular weight excluding hydrogens is 258 g/mol. The number of aromatic nitrogens is 2. The summed E-state index contributed by atoms with van der Waals surface area (Å²) in [6.07, 6.45) is 1.35. The third-order valence-electron chi connectivity index (χ3n) is 3.56. The first-order valence-electron chi connectivity index (χ1n) is 6.35. The molecule has 6 heteroatoms. The van der Waals surface area contributed by atoms with Gasteiger partial charge in [-0.05, 0) is 6.07 Å². The van der Waals surface area contributed by atoms with Gasteiger partial charge in [0.15, 0.2) is 0 Å². The summed E-state index contributed by atoms with van der Waals surface area (Å²) in [5.41, 5.74) is 5.91. The molecule has 0 fully saturated rings. The molecule has 1 aliphatic heterocycles. The number of para-hydroxylation sites is 1. The first-order valence-corrected chi connectivity index (χ1v) is 6.35. The normalized spacial score (nSPS) is 16.8. The second kappa shape index (κ2) is 4.56. The number of nitrogens with zero attached hydrogens (tertiary/aromatic N) is 2. The molecule has 0 aliphatic carbocycles. The van der Waals surface area contributed by atoms with E-state index < -0.39 is 5.56 Å². The lowest BCUT2D eigenvalue weighted by atomic mass is 10.0. The highest BCUT2D eigenvalue weighted by molar-refractivity contribution is 5.39. The Morgan fingerprint density at radius 3 is 2.90 bits per heavy atom. The molecule has 0 spiro atoms. The van der Waals surface area contributed by atoms with Crippen LogP contribution in [0.5, 0.6) is 5.75 Å². The number of hydrogen-bond donors (Lipinski definition) is 1. The zero-order valence-electron chi connectivity index (χ0n) is 11.1. The summed E-state index contributed by atoms with van der Waals surface area (Å²) >= 11 is 0. The topological polar surface area (TPSA) is 79.2 Å². The summed E-state index contributed by atoms with van der Waals surface area (Å²) in [4.78, 5) is 24.1. The number of ether oxygens (including phenoxy) is 1. The SMILES string of the molecule is Cn1cc(N)c(=O)n(CC2COc3ccccc32)c1=O. The molecule has 20 heavy (non-hydrogen) atoms. The van der Waals surface area contributed by atoms with Gasteiger partial charge in [0.1, 0.15) is 11.4 Å². The molecule has 0 bridgehead atoms. The summed E-state index contributed by atoms with van der Waals surface area (Å²) in [5.74, 6) is 0.796. The van der Waals surface area contributed by atoms with Gasteiger partial charge in [-0.3, -0.25) is 9.36 Å². The molecule has 1 aliphatic rings. The molecule has 104 valence electrons. The Hall–Kier alpha value is -2.50. The van der Waals surface area contributed by atoms with Crippen LogP contribution in [-0.4, -0.2) is 15.7 Å². The van der Waals surface area contributed by atoms with Crippen LogP contribution in [0.25, 0.3) is 0 Å². The minimum absolute atomic E-state index is 0.0154. The minimum Gasteiger partial charge on any atom is -0.493 e. The number of anilines is 1. The molecule has 1 atom stereocenters. The van der Waals surface area contributed by atoms with Crippen LogP contribution >= 0.6 is 0 Å². The van der Waals surface area contributed by atoms with E-state index in [2.05, 4.69) is 0 Å². The standard InChI is InChI=1S/C14H15N3O3/c1-16-7-11(15)13(18)17(14(16)19)6-9-8-20-12-5-3-2-4-10(9)12/h2-5,7,9H,6,8,15H2,1H3. The van der Waals surface area contributed by atoms with E-state index in [1.165, 1.54) is 15.3 Å². The largest absolute Gasteiger partial charge is 0.493 e. The maximum atomic E-state index is 12.1. The smallest absolute Gasteiger partial charge is 0.330 e. The summed E-state index contributed by atoms with van der Waals surface area (Å²) in [6.45, 7) is 0.733. The molecule has 0 radical (unpaired) electrons. The van der Waals surface area contributed by atoms with E-state index in [9.17, 15) is 9.59 Å². The van der Waals surface area contributed by atoms with Crippen molar-refractivity contribution in [3.8, 4) is 5.75 Å². The number of benzene rings is 1. The van der Waals surface area contributed by atoms with E-state index in [1.54, 1.807) is 7.05 Å². The van der Waals surface area contributed by atoms with Crippen molar-refractivity contribution in [2.75, 3.05) is 12.3 Å². The Bertz CT molecular complexity index is 742. The summed E-state index contributed by atoms with van der Waals surface area (Å²) in [5, 5.41) is 0. The highest BCUT2D eigenvalue weighted by Crippen LogP contribution is 2.33. The molecule has 1 aromatic carbocycles. The molecule has 1 unspecified atom stereocenters. The van der Waals surface area contributed by atoms with Crippen molar-refractivity contribution in [1.82, 2.24) is 9.13 Å². The second-order valence-corrected chi connectivity index (χ2v) is 4.94. The molecule has 0 saturated heterocycles. The fourth-order valence-corrected chi connectivity index (χ4v) is 2.51. The first-order chi connectivity index (χ1) is 9.58. The third kappa shape index (κ3) is 1.89. The van der Waals surface area contributed by atoms with E-state index in [1.807, 2.05) is 24.3 Å². The number of nitrogen functional groups attached to an aromatic ring is 1. The van der Waals surface area contributed by atoms with Gasteiger partial charge in [-0.15, -0.1) is 0 Å². The Labute approximate surface area is 115 Å². The van der Waals surface area contributed by atoms with Gasteiger partial charge in [0.2, 0.25) is 0 Å². The number of aryl methyl sites for hydroxylation is 1. The van der Waals surface area contributed by atoms with Gasteiger partial charge in [-0.2, -0.15) is 0 Å². The summed E-state index contributed by atoms with van der Waals surface area (Å²) in [7, 11) is 1.58. The lowest BCUT2D eigenvalue weighted by molar-refractivity contribution is 0.315. The van der Waals surface area contributed by atoms with Crippen molar-refractivity contribution in [2.45, 2.75) is 12.5 Å². The maximum absolute atomic E-state index is 12.1. The van der Waals surface area contributed by atoms with Crippen molar-refractivity contribution in [2.24, 2.45) is 7.05 Å². The van der Waals surface area contributed by atoms with Crippen LogP contribution in [0.3, 0.4) is 0 Å². The van der Waals surface area contributed by atoms with Gasteiger partial charge in [0.25, 0.3) is 5.56 Å². The van der Waals surface area contributed by atoms with E-state index in [0.29, 0.717) is 6.61 Å². The molecule has 1 aromatic heterocycles. The number of rotatable bonds is 2. The van der Waals surface area contributed by atoms with Gasteiger partial charge in [0.05, 0.1) is 6.61 Å². The van der Waals surface area contributed by atoms with E-state index in [0.717, 1.165) is 11.3 Å². The van der Waals surface area contributed by atoms with Crippen molar-refractivity contribution in [3.63, 3.8) is 0 Å². The molecule has 2 heterocycles. The van der Waals surface area contributed by atoms with Crippen LogP contribution in [0.2, 0.25) is 0 Å². The number of nitrogens with two attached hydrogens (primary N) is 1. The Balaban J connectivity index is 2.02. The van der Waals surface area contributed by atoms with Crippen LogP contribution in [0, 0.1) is 0 Å². The Morgan fingerprint density at radius 1 is 1.35 bits per heavy atom. The number of hydrogen-bond acceptors (Lipinski definition) is 4. The van der Waals surface area contributed by atoms with Gasteiger partial charge in [-0.1, -0.05) is 18.2 Å². The van der Waals surface area contributed by atoms with E-state index in [4.69, 9.17) is 10.5 Å². The van der Waals surface area contributed by atoms with Crippen LogP contribution in [0.4, 0.5) is 5.69 Å². The van der Waals surface area contributed by atoms with E-state index >= 15 is 0 Å². The third-order valence-corrected chi connectivity index (χ3v) is 3.56. The first kappa shape index (κ1) is 12.5. The molecule has 6 nitrogen and oxygen atoms in total. The van der Waals surface area contributed by atoms with Crippen molar-refractivity contribution < 1.29 is 4.74 Å². The Morgan fingerprint density at radius 2 is 2.10 bits per heavy atom. The number of fused-ring (bicyclic) bond motifs is 1. The van der Waals surface area contributed by atoms with Crippen molar-refractivity contribution in [1.29, 1.82) is 0 Å². The van der Waals surface area contributed by atoms with Gasteiger partial charge < -0.3 is 15.0 Å². The molecule has 3 rings (SSSR count). The average Bonchev–Trinajstić information content (AvgIpc) is 2.85. The summed E-state index contributed by atoms with van der Waals surface area (Å²) < 4.78 is 8.06. The zero-order valence-corrected chi connectivity index (χ0v) is 11.1. The fraction of sp³-hybridized carbons (Fsp3) is 0.286. The lowest BCUT2D eigenvalue weighted by Crippen LogP contribution is -2.41. The van der Waals surface area contributed by atoms with Crippen molar-refractivity contribution in [3.05, 3.63) is 56.9 Å². The quantitative estimate of drug-likeness (QED) is 0.853. The van der Waals surface area contributed by atoms with Crippen molar-refractivity contribution >= 4 is 5.69 Å². The maximum Gasteiger partial charge on any atom is 0.330 e. The van der Waals surface area contributed by atoms with Gasteiger partial charge in [0, 0.05) is 31.3 Å². The average molecular weight is 273 g/mol. The van der Waals surface area contributed by atoms with Crippen LogP contribution < -0.4 is 21.7 Å². The summed E-state index contributed by atoms with van der Waals surface area (Å²) in [6, 6.07) is 7.65. The Kier molecular flexibility index (Phi) is 2.85. The molecular formula is C14H15N3O3. The molecule has 0 saturated carbocycles. The zero-order chi connectivity index (χ0) is 14.3. The monoisotopic (exact) mass is 273 g/mol. The predicted molar refractivity (Wildman–Crippen MR) is 75.0 cm³/mol. The van der Waals surface area contributed by atoms with Gasteiger partial charge >= 0.3 is 5.69 Å². The highest BCUT2D eigenvalue weighted by atomic mass is 16.5. The van der Waals surface area contributed by atoms with Gasteiger partial charge in [-0.25, -0.2) is 4.79 Å². The molecule has 2 N–H and O–H groups in total.